The first-order valence-corrected chi connectivity index (χ1v) is 11.0. The predicted octanol–water partition coefficient (Wildman–Crippen LogP) is 3.74. The van der Waals surface area contributed by atoms with Gasteiger partial charge in [-0.25, -0.2) is 8.78 Å². The van der Waals surface area contributed by atoms with E-state index < -0.39 is 17.0 Å². The molecule has 2 aromatic heterocycles. The second-order valence-corrected chi connectivity index (χ2v) is 9.29. The zero-order valence-electron chi connectivity index (χ0n) is 18.4. The van der Waals surface area contributed by atoms with Gasteiger partial charge in [-0.3, -0.25) is 9.78 Å². The first-order chi connectivity index (χ1) is 15.8. The van der Waals surface area contributed by atoms with Gasteiger partial charge in [-0.1, -0.05) is 19.9 Å². The lowest BCUT2D eigenvalue weighted by Crippen LogP contribution is -2.37. The maximum Gasteiger partial charge on any atom is 0.252 e. The Kier molecular flexibility index (Phi) is 5.01. The second kappa shape index (κ2) is 7.66. The standard InChI is InChI=1S/C25H24F2N4O2/c1-24(2)17-6-7-25(24,15-10-14(12-28-13-15)23(33)29-8-9-32)22-16(17)11-20(30-31-22)21-18(26)4-3-5-19(21)27/h3-5,10-13,17,32H,6-9H2,1-2H3,(H,29,33)/t17-,25-/m0/s1. The van der Waals surface area contributed by atoms with Crippen LogP contribution in [0, 0.1) is 17.0 Å². The number of hydrogen-bond donors (Lipinski definition) is 2. The summed E-state index contributed by atoms with van der Waals surface area (Å²) in [6.45, 7) is 4.33. The normalized spacial score (nSPS) is 22.3. The summed E-state index contributed by atoms with van der Waals surface area (Å²) in [6, 6.07) is 7.34. The number of pyridine rings is 1. The summed E-state index contributed by atoms with van der Waals surface area (Å²) in [5, 5.41) is 20.4. The molecule has 1 saturated carbocycles. The number of carbonyl (C=O) groups is 1. The zero-order chi connectivity index (χ0) is 23.4. The van der Waals surface area contributed by atoms with Gasteiger partial charge in [-0.15, -0.1) is 5.10 Å². The molecule has 2 aliphatic carbocycles. The van der Waals surface area contributed by atoms with E-state index in [4.69, 9.17) is 5.11 Å². The molecule has 2 aliphatic rings. The maximum absolute atomic E-state index is 14.4. The van der Waals surface area contributed by atoms with Crippen LogP contribution in [0.4, 0.5) is 8.78 Å². The molecule has 0 spiro atoms. The number of nitrogens with zero attached hydrogens (tertiary/aromatic N) is 3. The van der Waals surface area contributed by atoms with Gasteiger partial charge in [0.15, 0.2) is 0 Å². The summed E-state index contributed by atoms with van der Waals surface area (Å²) in [5.41, 5.74) is 2.20. The van der Waals surface area contributed by atoms with Crippen LogP contribution >= 0.6 is 0 Å². The third-order valence-corrected chi connectivity index (χ3v) is 7.49. The van der Waals surface area contributed by atoms with Gasteiger partial charge in [0.25, 0.3) is 5.91 Å². The third kappa shape index (κ3) is 3.00. The highest BCUT2D eigenvalue weighted by Gasteiger charge is 2.64. The van der Waals surface area contributed by atoms with Crippen molar-refractivity contribution in [2.24, 2.45) is 5.41 Å². The SMILES string of the molecule is CC1(C)[C@H]2CC[C@]1(c1cncc(C(=O)NCCO)c1)c1nnc(-c3c(F)cccc3F)cc12. The van der Waals surface area contributed by atoms with Gasteiger partial charge in [0.2, 0.25) is 0 Å². The fraction of sp³-hybridized carbons (Fsp3) is 0.360. The average molecular weight is 450 g/mol. The zero-order valence-corrected chi connectivity index (χ0v) is 18.4. The first-order valence-electron chi connectivity index (χ1n) is 11.0. The minimum absolute atomic E-state index is 0.128. The molecule has 1 amide bonds. The molecule has 2 bridgehead atoms. The van der Waals surface area contributed by atoms with Gasteiger partial charge in [0.1, 0.15) is 11.6 Å². The Morgan fingerprint density at radius 3 is 2.67 bits per heavy atom. The molecule has 0 aliphatic heterocycles. The molecule has 2 N–H and O–H groups in total. The van der Waals surface area contributed by atoms with Crippen LogP contribution in [0.15, 0.2) is 42.7 Å². The molecule has 3 aromatic rings. The molecule has 5 rings (SSSR count). The Labute approximate surface area is 190 Å². The van der Waals surface area contributed by atoms with E-state index in [0.29, 0.717) is 5.56 Å². The molecular weight excluding hydrogens is 426 g/mol. The lowest BCUT2D eigenvalue weighted by Gasteiger charge is -2.38. The Hall–Kier alpha value is -3.26. The summed E-state index contributed by atoms with van der Waals surface area (Å²) in [4.78, 5) is 16.8. The number of halogens is 2. The van der Waals surface area contributed by atoms with Crippen LogP contribution in [0.3, 0.4) is 0 Å². The Bertz CT molecular complexity index is 1240. The summed E-state index contributed by atoms with van der Waals surface area (Å²) < 4.78 is 28.8. The van der Waals surface area contributed by atoms with Crippen molar-refractivity contribution < 1.29 is 18.7 Å². The lowest BCUT2D eigenvalue weighted by molar-refractivity contribution is 0.0944. The maximum atomic E-state index is 14.4. The van der Waals surface area contributed by atoms with Crippen LogP contribution in [0.25, 0.3) is 11.3 Å². The summed E-state index contributed by atoms with van der Waals surface area (Å²) in [5.74, 6) is -1.53. The minimum Gasteiger partial charge on any atom is -0.395 e. The second-order valence-electron chi connectivity index (χ2n) is 9.29. The van der Waals surface area contributed by atoms with Crippen molar-refractivity contribution in [3.63, 3.8) is 0 Å². The fourth-order valence-electron chi connectivity index (χ4n) is 5.90. The van der Waals surface area contributed by atoms with Crippen molar-refractivity contribution in [2.45, 2.75) is 38.0 Å². The van der Waals surface area contributed by atoms with Crippen LogP contribution in [-0.2, 0) is 5.41 Å². The van der Waals surface area contributed by atoms with E-state index in [2.05, 4.69) is 34.3 Å². The molecule has 2 atom stereocenters. The van der Waals surface area contributed by atoms with Gasteiger partial charge in [-0.2, -0.15) is 5.10 Å². The van der Waals surface area contributed by atoms with E-state index in [9.17, 15) is 13.6 Å². The van der Waals surface area contributed by atoms with Crippen LogP contribution in [0.1, 0.15) is 59.8 Å². The molecule has 0 unspecified atom stereocenters. The molecule has 6 nitrogen and oxygen atoms in total. The average Bonchev–Trinajstić information content (AvgIpc) is 3.18. The smallest absolute Gasteiger partial charge is 0.252 e. The van der Waals surface area contributed by atoms with Gasteiger partial charge < -0.3 is 10.4 Å². The molecule has 0 radical (unpaired) electrons. The number of carbonyl (C=O) groups excluding carboxylic acids is 1. The third-order valence-electron chi connectivity index (χ3n) is 7.49. The van der Waals surface area contributed by atoms with Crippen molar-refractivity contribution in [1.82, 2.24) is 20.5 Å². The van der Waals surface area contributed by atoms with Gasteiger partial charge >= 0.3 is 0 Å². The van der Waals surface area contributed by atoms with Crippen LogP contribution in [0.5, 0.6) is 0 Å². The minimum atomic E-state index is -0.674. The molecule has 2 heterocycles. The molecule has 1 fully saturated rings. The van der Waals surface area contributed by atoms with Gasteiger partial charge in [0.05, 0.1) is 29.1 Å². The number of amides is 1. The molecule has 8 heteroatoms. The van der Waals surface area contributed by atoms with Crippen LogP contribution in [-0.4, -0.2) is 39.3 Å². The predicted molar refractivity (Wildman–Crippen MR) is 118 cm³/mol. The number of rotatable bonds is 5. The van der Waals surface area contributed by atoms with Crippen molar-refractivity contribution in [3.8, 4) is 11.3 Å². The Morgan fingerprint density at radius 1 is 1.18 bits per heavy atom. The Morgan fingerprint density at radius 2 is 1.94 bits per heavy atom. The number of benzene rings is 1. The lowest BCUT2D eigenvalue weighted by atomic mass is 9.64. The van der Waals surface area contributed by atoms with Gasteiger partial charge in [-0.05, 0) is 59.6 Å². The highest BCUT2D eigenvalue weighted by atomic mass is 19.1. The molecule has 1 aromatic carbocycles. The first kappa shape index (κ1) is 21.6. The fourth-order valence-corrected chi connectivity index (χ4v) is 5.90. The van der Waals surface area contributed by atoms with E-state index >= 15 is 0 Å². The van der Waals surface area contributed by atoms with E-state index in [1.54, 1.807) is 12.3 Å². The van der Waals surface area contributed by atoms with Crippen molar-refractivity contribution in [3.05, 3.63) is 76.7 Å². The summed E-state index contributed by atoms with van der Waals surface area (Å²) in [7, 11) is 0. The monoisotopic (exact) mass is 450 g/mol. The molecule has 170 valence electrons. The van der Waals surface area contributed by atoms with Crippen molar-refractivity contribution in [1.29, 1.82) is 0 Å². The number of hydrogen-bond acceptors (Lipinski definition) is 5. The number of aromatic nitrogens is 3. The molecule has 0 saturated heterocycles. The largest absolute Gasteiger partial charge is 0.395 e. The highest BCUT2D eigenvalue weighted by molar-refractivity contribution is 5.94. The van der Waals surface area contributed by atoms with Crippen LogP contribution in [0.2, 0.25) is 0 Å². The summed E-state index contributed by atoms with van der Waals surface area (Å²) >= 11 is 0. The topological polar surface area (TPSA) is 88.0 Å². The Balaban J connectivity index is 1.63. The quantitative estimate of drug-likeness (QED) is 0.618. The molecule has 33 heavy (non-hydrogen) atoms. The van der Waals surface area contributed by atoms with Gasteiger partial charge in [0, 0.05) is 24.4 Å². The van der Waals surface area contributed by atoms with E-state index in [1.807, 2.05) is 6.07 Å². The summed E-state index contributed by atoms with van der Waals surface area (Å²) in [6.07, 6.45) is 4.95. The number of aliphatic hydroxyl groups is 1. The van der Waals surface area contributed by atoms with Crippen molar-refractivity contribution in [2.75, 3.05) is 13.2 Å². The van der Waals surface area contributed by atoms with E-state index in [0.717, 1.165) is 29.7 Å². The number of fused-ring (bicyclic) bond motifs is 5. The molecular formula is C25H24F2N4O2. The highest BCUT2D eigenvalue weighted by Crippen LogP contribution is 2.69. The van der Waals surface area contributed by atoms with Crippen LogP contribution < -0.4 is 5.32 Å². The van der Waals surface area contributed by atoms with E-state index in [1.165, 1.54) is 24.4 Å². The van der Waals surface area contributed by atoms with Crippen molar-refractivity contribution >= 4 is 5.91 Å². The van der Waals surface area contributed by atoms with E-state index in [-0.39, 0.29) is 41.6 Å². The number of nitrogens with one attached hydrogen (secondary N) is 1. The number of aliphatic hydroxyl groups excluding tert-OH is 1.